The standard InChI is InChI=1S/C23H33NO/c1-19-16-20(2)18-24(17-19)14-7-3-4-8-15-25-23-13-9-11-21-10-5-6-12-22(21)23/h5-6,9-13,19-20H,3-4,7-8,14-18H2,1-2H3/p+1/t19-,20+. The van der Waals surface area contributed by atoms with Crippen molar-refractivity contribution in [2.75, 3.05) is 26.2 Å². The van der Waals surface area contributed by atoms with E-state index >= 15 is 0 Å². The normalized spacial score (nSPS) is 23.7. The van der Waals surface area contributed by atoms with Crippen LogP contribution in [-0.2, 0) is 0 Å². The van der Waals surface area contributed by atoms with E-state index in [9.17, 15) is 0 Å². The highest BCUT2D eigenvalue weighted by Gasteiger charge is 2.24. The molecule has 25 heavy (non-hydrogen) atoms. The van der Waals surface area contributed by atoms with Crippen LogP contribution >= 0.6 is 0 Å². The van der Waals surface area contributed by atoms with Crippen molar-refractivity contribution in [3.8, 4) is 5.75 Å². The number of benzene rings is 2. The number of rotatable bonds is 8. The van der Waals surface area contributed by atoms with Crippen molar-refractivity contribution in [1.29, 1.82) is 0 Å². The molecule has 0 aliphatic carbocycles. The minimum Gasteiger partial charge on any atom is -0.493 e. The van der Waals surface area contributed by atoms with E-state index in [1.54, 1.807) is 0 Å². The highest BCUT2D eigenvalue weighted by atomic mass is 16.5. The number of hydrogen-bond acceptors (Lipinski definition) is 1. The van der Waals surface area contributed by atoms with Gasteiger partial charge in [0.1, 0.15) is 5.75 Å². The minimum atomic E-state index is 0.832. The van der Waals surface area contributed by atoms with Crippen molar-refractivity contribution >= 4 is 10.8 Å². The Bertz CT molecular complexity index is 638. The van der Waals surface area contributed by atoms with Gasteiger partial charge in [0.05, 0.1) is 26.2 Å². The van der Waals surface area contributed by atoms with E-state index in [1.165, 1.54) is 56.1 Å². The monoisotopic (exact) mass is 340 g/mol. The highest BCUT2D eigenvalue weighted by Crippen LogP contribution is 2.25. The largest absolute Gasteiger partial charge is 0.493 e. The van der Waals surface area contributed by atoms with E-state index in [2.05, 4.69) is 56.3 Å². The van der Waals surface area contributed by atoms with Gasteiger partial charge in [-0.2, -0.15) is 0 Å². The fraction of sp³-hybridized carbons (Fsp3) is 0.565. The summed E-state index contributed by atoms with van der Waals surface area (Å²) >= 11 is 0. The first kappa shape index (κ1) is 18.3. The third-order valence-electron chi connectivity index (χ3n) is 5.51. The Morgan fingerprint density at radius 3 is 2.44 bits per heavy atom. The van der Waals surface area contributed by atoms with E-state index < -0.39 is 0 Å². The summed E-state index contributed by atoms with van der Waals surface area (Å²) in [5.41, 5.74) is 0. The van der Waals surface area contributed by atoms with Crippen LogP contribution in [0.15, 0.2) is 42.5 Å². The SMILES string of the molecule is C[C@@H]1C[C@H](C)C[NH+](CCCCCCOc2cccc3ccccc23)C1. The van der Waals surface area contributed by atoms with Crippen LogP contribution in [-0.4, -0.2) is 26.2 Å². The van der Waals surface area contributed by atoms with Crippen molar-refractivity contribution < 1.29 is 9.64 Å². The molecule has 1 saturated heterocycles. The van der Waals surface area contributed by atoms with E-state index in [0.29, 0.717) is 0 Å². The second kappa shape index (κ2) is 9.24. The maximum atomic E-state index is 6.04. The van der Waals surface area contributed by atoms with Crippen LogP contribution < -0.4 is 9.64 Å². The average Bonchev–Trinajstić information content (AvgIpc) is 2.60. The highest BCUT2D eigenvalue weighted by molar-refractivity contribution is 5.88. The van der Waals surface area contributed by atoms with Crippen LogP contribution in [0.1, 0.15) is 46.0 Å². The third kappa shape index (κ3) is 5.47. The topological polar surface area (TPSA) is 13.7 Å². The minimum absolute atomic E-state index is 0.832. The fourth-order valence-electron chi connectivity index (χ4n) is 4.46. The molecule has 2 nitrogen and oxygen atoms in total. The first-order valence-corrected chi connectivity index (χ1v) is 10.2. The summed E-state index contributed by atoms with van der Waals surface area (Å²) in [6, 6.07) is 14.8. The maximum absolute atomic E-state index is 6.04. The first-order chi connectivity index (χ1) is 12.2. The van der Waals surface area contributed by atoms with Crippen LogP contribution in [0, 0.1) is 11.8 Å². The lowest BCUT2D eigenvalue weighted by Crippen LogP contribution is -3.14. The molecule has 0 bridgehead atoms. The molecule has 1 aliphatic rings. The molecule has 1 aliphatic heterocycles. The third-order valence-corrected chi connectivity index (χ3v) is 5.51. The Morgan fingerprint density at radius 2 is 1.60 bits per heavy atom. The zero-order chi connectivity index (χ0) is 17.5. The molecule has 0 spiro atoms. The number of likely N-dealkylation sites (tertiary alicyclic amines) is 1. The second-order valence-corrected chi connectivity index (χ2v) is 8.09. The van der Waals surface area contributed by atoms with E-state index in [0.717, 1.165) is 30.6 Å². The molecule has 2 aromatic carbocycles. The summed E-state index contributed by atoms with van der Waals surface area (Å²) in [5.74, 6) is 2.85. The molecule has 1 N–H and O–H groups in total. The number of hydrogen-bond donors (Lipinski definition) is 1. The number of ether oxygens (including phenoxy) is 1. The smallest absolute Gasteiger partial charge is 0.127 e. The lowest BCUT2D eigenvalue weighted by Gasteiger charge is -2.32. The fourth-order valence-corrected chi connectivity index (χ4v) is 4.46. The molecule has 2 aromatic rings. The van der Waals surface area contributed by atoms with Gasteiger partial charge in [0.25, 0.3) is 0 Å². The molecule has 1 unspecified atom stereocenters. The summed E-state index contributed by atoms with van der Waals surface area (Å²) in [4.78, 5) is 1.83. The zero-order valence-corrected chi connectivity index (χ0v) is 16.0. The van der Waals surface area contributed by atoms with Gasteiger partial charge in [0.15, 0.2) is 0 Å². The van der Waals surface area contributed by atoms with E-state index in [4.69, 9.17) is 4.74 Å². The Labute approximate surface area is 153 Å². The summed E-state index contributed by atoms with van der Waals surface area (Å²) in [5, 5.41) is 2.48. The van der Waals surface area contributed by atoms with Gasteiger partial charge >= 0.3 is 0 Å². The zero-order valence-electron chi connectivity index (χ0n) is 16.0. The maximum Gasteiger partial charge on any atom is 0.127 e. The number of nitrogens with one attached hydrogen (secondary N) is 1. The van der Waals surface area contributed by atoms with Crippen LogP contribution in [0.3, 0.4) is 0 Å². The molecule has 0 amide bonds. The molecule has 3 atom stereocenters. The van der Waals surface area contributed by atoms with Gasteiger partial charge in [-0.15, -0.1) is 0 Å². The molecule has 1 heterocycles. The number of fused-ring (bicyclic) bond motifs is 1. The van der Waals surface area contributed by atoms with Crippen molar-refractivity contribution in [3.05, 3.63) is 42.5 Å². The average molecular weight is 341 g/mol. The first-order valence-electron chi connectivity index (χ1n) is 10.2. The molecule has 2 heteroatoms. The molecule has 0 saturated carbocycles. The molecule has 1 fully saturated rings. The van der Waals surface area contributed by atoms with Gasteiger partial charge in [0, 0.05) is 17.2 Å². The number of quaternary nitrogens is 1. The van der Waals surface area contributed by atoms with Crippen LogP contribution in [0.5, 0.6) is 5.75 Å². The Hall–Kier alpha value is -1.54. The van der Waals surface area contributed by atoms with Crippen molar-refractivity contribution in [2.24, 2.45) is 11.8 Å². The van der Waals surface area contributed by atoms with Crippen LogP contribution in [0.4, 0.5) is 0 Å². The van der Waals surface area contributed by atoms with Gasteiger partial charge in [-0.1, -0.05) is 50.2 Å². The summed E-state index contributed by atoms with van der Waals surface area (Å²) < 4.78 is 6.04. The number of piperidine rings is 1. The molecule has 136 valence electrons. The second-order valence-electron chi connectivity index (χ2n) is 8.09. The van der Waals surface area contributed by atoms with Crippen LogP contribution in [0.2, 0.25) is 0 Å². The quantitative estimate of drug-likeness (QED) is 0.706. The van der Waals surface area contributed by atoms with Crippen molar-refractivity contribution in [2.45, 2.75) is 46.0 Å². The van der Waals surface area contributed by atoms with Gasteiger partial charge in [-0.3, -0.25) is 0 Å². The molecule has 3 rings (SSSR count). The Balaban J connectivity index is 1.31. The molecule has 0 radical (unpaired) electrons. The predicted molar refractivity (Wildman–Crippen MR) is 106 cm³/mol. The van der Waals surface area contributed by atoms with Crippen molar-refractivity contribution in [3.63, 3.8) is 0 Å². The van der Waals surface area contributed by atoms with Gasteiger partial charge in [0.2, 0.25) is 0 Å². The van der Waals surface area contributed by atoms with Crippen molar-refractivity contribution in [1.82, 2.24) is 0 Å². The summed E-state index contributed by atoms with van der Waals surface area (Å²) in [7, 11) is 0. The van der Waals surface area contributed by atoms with Crippen LogP contribution in [0.25, 0.3) is 10.8 Å². The molecule has 0 aromatic heterocycles. The summed E-state index contributed by atoms with van der Waals surface area (Å²) in [6.45, 7) is 9.79. The molecular weight excluding hydrogens is 306 g/mol. The number of unbranched alkanes of at least 4 members (excludes halogenated alkanes) is 3. The predicted octanol–water partition coefficient (Wildman–Crippen LogP) is 4.34. The summed E-state index contributed by atoms with van der Waals surface area (Å²) in [6.07, 6.45) is 6.57. The molecular formula is C23H34NO+. The lowest BCUT2D eigenvalue weighted by atomic mass is 9.92. The van der Waals surface area contributed by atoms with Gasteiger partial charge in [-0.05, 0) is 43.6 Å². The van der Waals surface area contributed by atoms with E-state index in [-0.39, 0.29) is 0 Å². The Morgan fingerprint density at radius 1 is 0.880 bits per heavy atom. The van der Waals surface area contributed by atoms with Gasteiger partial charge in [-0.25, -0.2) is 0 Å². The lowest BCUT2D eigenvalue weighted by molar-refractivity contribution is -0.912. The van der Waals surface area contributed by atoms with Gasteiger partial charge < -0.3 is 9.64 Å². The van der Waals surface area contributed by atoms with E-state index in [1.807, 2.05) is 4.90 Å². The Kier molecular flexibility index (Phi) is 6.75.